The standard InChI is InChI=1S/C4H10O.CH3.Zn/c1-4(2,3)5;;/h5H,1-3H3;1H3;/q;-1;. The molecule has 0 saturated carbocycles. The van der Waals surface area contributed by atoms with Crippen molar-refractivity contribution in [2.24, 2.45) is 0 Å². The minimum atomic E-state index is -0.500. The molecule has 0 radical (unpaired) electrons. The van der Waals surface area contributed by atoms with Crippen LogP contribution in [-0.4, -0.2) is 10.7 Å². The summed E-state index contributed by atoms with van der Waals surface area (Å²) >= 11 is 0. The molecule has 0 amide bonds. The molecule has 0 aliphatic heterocycles. The Morgan fingerprint density at radius 2 is 1.14 bits per heavy atom. The van der Waals surface area contributed by atoms with E-state index in [0.717, 1.165) is 0 Å². The molecule has 7 heavy (non-hydrogen) atoms. The molecule has 0 bridgehead atoms. The fourth-order valence-corrected chi connectivity index (χ4v) is 0. The fourth-order valence-electron chi connectivity index (χ4n) is 0. The van der Waals surface area contributed by atoms with Crippen LogP contribution in [0.3, 0.4) is 0 Å². The van der Waals surface area contributed by atoms with Crippen molar-refractivity contribution in [1.82, 2.24) is 0 Å². The summed E-state index contributed by atoms with van der Waals surface area (Å²) in [6.45, 7) is 5.23. The average Bonchev–Trinajstić information content (AvgIpc) is 0.722. The van der Waals surface area contributed by atoms with Crippen LogP contribution in [-0.2, 0) is 19.5 Å². The van der Waals surface area contributed by atoms with Crippen LogP contribution in [0.2, 0.25) is 0 Å². The zero-order chi connectivity index (χ0) is 4.50. The Labute approximate surface area is 58.9 Å². The summed E-state index contributed by atoms with van der Waals surface area (Å²) in [6.07, 6.45) is 0. The van der Waals surface area contributed by atoms with Crippen molar-refractivity contribution in [2.45, 2.75) is 26.4 Å². The van der Waals surface area contributed by atoms with E-state index in [1.165, 1.54) is 0 Å². The van der Waals surface area contributed by atoms with Gasteiger partial charge in [-0.15, -0.1) is 0 Å². The Bertz CT molecular complexity index is 23.6. The molecular formula is C5H13OZn-. The van der Waals surface area contributed by atoms with Crippen molar-refractivity contribution in [3.63, 3.8) is 0 Å². The summed E-state index contributed by atoms with van der Waals surface area (Å²) in [5, 5.41) is 8.52. The first-order valence-electron chi connectivity index (χ1n) is 1.72. The molecule has 0 aliphatic rings. The van der Waals surface area contributed by atoms with Crippen LogP contribution in [0.1, 0.15) is 20.8 Å². The molecule has 0 aromatic heterocycles. The molecule has 0 aromatic carbocycles. The summed E-state index contributed by atoms with van der Waals surface area (Å²) in [7, 11) is 0. The van der Waals surface area contributed by atoms with Crippen molar-refractivity contribution in [3.8, 4) is 0 Å². The van der Waals surface area contributed by atoms with Gasteiger partial charge in [0.25, 0.3) is 0 Å². The van der Waals surface area contributed by atoms with Gasteiger partial charge in [-0.2, -0.15) is 0 Å². The molecule has 1 N–H and O–H groups in total. The van der Waals surface area contributed by atoms with E-state index in [0.29, 0.717) is 0 Å². The van der Waals surface area contributed by atoms with Gasteiger partial charge in [0.2, 0.25) is 0 Å². The second kappa shape index (κ2) is 4.74. The summed E-state index contributed by atoms with van der Waals surface area (Å²) in [5.41, 5.74) is -0.500. The van der Waals surface area contributed by atoms with E-state index in [4.69, 9.17) is 5.11 Å². The predicted octanol–water partition coefficient (Wildman–Crippen LogP) is 1.22. The van der Waals surface area contributed by atoms with Crippen LogP contribution < -0.4 is 0 Å². The topological polar surface area (TPSA) is 20.2 Å². The van der Waals surface area contributed by atoms with E-state index in [1.807, 2.05) is 0 Å². The Balaban J connectivity index is -0.0000000800. The van der Waals surface area contributed by atoms with Gasteiger partial charge in [-0.25, -0.2) is 0 Å². The molecule has 2 heteroatoms. The number of hydrogen-bond donors (Lipinski definition) is 1. The van der Waals surface area contributed by atoms with Gasteiger partial charge in [-0.3, -0.25) is 0 Å². The molecule has 0 heterocycles. The van der Waals surface area contributed by atoms with Crippen molar-refractivity contribution in [2.75, 3.05) is 0 Å². The van der Waals surface area contributed by atoms with E-state index < -0.39 is 5.60 Å². The van der Waals surface area contributed by atoms with Crippen molar-refractivity contribution >= 4 is 0 Å². The van der Waals surface area contributed by atoms with E-state index in [-0.39, 0.29) is 26.9 Å². The van der Waals surface area contributed by atoms with Gasteiger partial charge in [0, 0.05) is 19.5 Å². The first-order chi connectivity index (χ1) is 2.00. The molecule has 0 atom stereocenters. The third-order valence-electron chi connectivity index (χ3n) is 0. The first kappa shape index (κ1) is 15.6. The molecular weight excluding hydrogens is 141 g/mol. The molecule has 0 saturated heterocycles. The van der Waals surface area contributed by atoms with Crippen LogP contribution in [0.4, 0.5) is 0 Å². The van der Waals surface area contributed by atoms with Crippen molar-refractivity contribution in [1.29, 1.82) is 0 Å². The maximum absolute atomic E-state index is 8.52. The van der Waals surface area contributed by atoms with Gasteiger partial charge in [0.05, 0.1) is 5.60 Å². The van der Waals surface area contributed by atoms with Gasteiger partial charge >= 0.3 is 0 Å². The van der Waals surface area contributed by atoms with Gasteiger partial charge in [0.1, 0.15) is 0 Å². The number of hydrogen-bond acceptors (Lipinski definition) is 1. The molecule has 1 nitrogen and oxygen atoms in total. The Morgan fingerprint density at radius 3 is 1.14 bits per heavy atom. The van der Waals surface area contributed by atoms with E-state index >= 15 is 0 Å². The van der Waals surface area contributed by atoms with Crippen molar-refractivity contribution in [3.05, 3.63) is 7.43 Å². The summed E-state index contributed by atoms with van der Waals surface area (Å²) in [4.78, 5) is 0. The minimum absolute atomic E-state index is 0. The predicted molar refractivity (Wildman–Crippen MR) is 28.4 cm³/mol. The molecule has 0 spiro atoms. The van der Waals surface area contributed by atoms with Gasteiger partial charge < -0.3 is 12.5 Å². The van der Waals surface area contributed by atoms with Gasteiger partial charge in [-0.1, -0.05) is 0 Å². The fraction of sp³-hybridized carbons (Fsp3) is 0.800. The van der Waals surface area contributed by atoms with Crippen molar-refractivity contribution < 1.29 is 24.6 Å². The smallest absolute Gasteiger partial charge is 0.0563 e. The SMILES string of the molecule is CC(C)(C)O.[CH3-].[Zn]. The third kappa shape index (κ3) is 406. The zero-order valence-electron chi connectivity index (χ0n) is 5.65. The Hall–Kier alpha value is 0.583. The van der Waals surface area contributed by atoms with Crippen LogP contribution in [0.25, 0.3) is 0 Å². The average molecular weight is 155 g/mol. The van der Waals surface area contributed by atoms with Crippen LogP contribution in [0.15, 0.2) is 0 Å². The summed E-state index contributed by atoms with van der Waals surface area (Å²) in [6, 6.07) is 0. The second-order valence-corrected chi connectivity index (χ2v) is 2.17. The van der Waals surface area contributed by atoms with E-state index in [1.54, 1.807) is 20.8 Å². The largest absolute Gasteiger partial charge is 0.391 e. The van der Waals surface area contributed by atoms with Crippen LogP contribution in [0.5, 0.6) is 0 Å². The molecule has 42 valence electrons. The van der Waals surface area contributed by atoms with Gasteiger partial charge in [-0.05, 0) is 20.8 Å². The maximum atomic E-state index is 8.52. The Morgan fingerprint density at radius 1 is 1.14 bits per heavy atom. The monoisotopic (exact) mass is 153 g/mol. The zero-order valence-corrected chi connectivity index (χ0v) is 8.62. The summed E-state index contributed by atoms with van der Waals surface area (Å²) in [5.74, 6) is 0. The molecule has 0 aromatic rings. The molecule has 0 aliphatic carbocycles. The minimum Gasteiger partial charge on any atom is -0.391 e. The summed E-state index contributed by atoms with van der Waals surface area (Å²) < 4.78 is 0. The number of aliphatic hydroxyl groups is 1. The second-order valence-electron chi connectivity index (χ2n) is 2.17. The molecule has 0 rings (SSSR count). The maximum Gasteiger partial charge on any atom is 0.0563 e. The molecule has 0 unspecified atom stereocenters. The Kier molecular flexibility index (Phi) is 10.6. The normalized spacial score (nSPS) is 8.57. The first-order valence-corrected chi connectivity index (χ1v) is 1.72. The van der Waals surface area contributed by atoms with E-state index in [9.17, 15) is 0 Å². The van der Waals surface area contributed by atoms with Crippen LogP contribution >= 0.6 is 0 Å². The number of rotatable bonds is 0. The van der Waals surface area contributed by atoms with E-state index in [2.05, 4.69) is 0 Å². The van der Waals surface area contributed by atoms with Crippen LogP contribution in [0, 0.1) is 7.43 Å². The third-order valence-corrected chi connectivity index (χ3v) is 0. The molecule has 0 fully saturated rings. The quantitative estimate of drug-likeness (QED) is 0.411. The van der Waals surface area contributed by atoms with Gasteiger partial charge in [0.15, 0.2) is 0 Å².